The van der Waals surface area contributed by atoms with Crippen LogP contribution in [0.2, 0.25) is 0 Å². The third-order valence-electron chi connectivity index (χ3n) is 6.21. The molecule has 0 radical (unpaired) electrons. The maximum atomic E-state index is 13.3. The minimum absolute atomic E-state index is 0.0699. The van der Waals surface area contributed by atoms with Gasteiger partial charge in [0.15, 0.2) is 5.69 Å². The lowest BCUT2D eigenvalue weighted by Crippen LogP contribution is -2.49. The second kappa shape index (κ2) is 7.94. The van der Waals surface area contributed by atoms with E-state index in [1.165, 1.54) is 23.8 Å². The SMILES string of the molecule is Cc1ccccc1N1CCN(C(=O)c2n[nH]c3c2CN(C(=O)c2ccoc2)CC3)CC1. The van der Waals surface area contributed by atoms with Crippen LogP contribution in [-0.4, -0.2) is 64.5 Å². The van der Waals surface area contributed by atoms with Crippen LogP contribution in [0.25, 0.3) is 0 Å². The van der Waals surface area contributed by atoms with Crippen LogP contribution in [0.1, 0.15) is 37.7 Å². The van der Waals surface area contributed by atoms with Crippen LogP contribution < -0.4 is 4.90 Å². The number of aryl methyl sites for hydroxylation is 1. The third-order valence-corrected chi connectivity index (χ3v) is 6.21. The van der Waals surface area contributed by atoms with Crippen molar-refractivity contribution in [1.29, 1.82) is 0 Å². The van der Waals surface area contributed by atoms with Crippen molar-refractivity contribution < 1.29 is 14.0 Å². The van der Waals surface area contributed by atoms with E-state index in [9.17, 15) is 9.59 Å². The van der Waals surface area contributed by atoms with E-state index in [4.69, 9.17) is 4.42 Å². The summed E-state index contributed by atoms with van der Waals surface area (Å²) in [5.41, 5.74) is 5.19. The maximum absolute atomic E-state index is 13.3. The molecule has 0 bridgehead atoms. The zero-order chi connectivity index (χ0) is 21.4. The van der Waals surface area contributed by atoms with Crippen molar-refractivity contribution in [2.45, 2.75) is 19.9 Å². The summed E-state index contributed by atoms with van der Waals surface area (Å²) in [4.78, 5) is 31.9. The Balaban J connectivity index is 1.28. The molecule has 3 aromatic rings. The van der Waals surface area contributed by atoms with E-state index in [1.807, 2.05) is 17.0 Å². The Bertz CT molecular complexity index is 1100. The Hall–Kier alpha value is -3.55. The molecule has 5 rings (SSSR count). The fourth-order valence-electron chi connectivity index (χ4n) is 4.43. The molecule has 2 amide bonds. The van der Waals surface area contributed by atoms with Gasteiger partial charge in [-0.15, -0.1) is 0 Å². The molecular formula is C23H25N5O3. The molecule has 2 aliphatic rings. The van der Waals surface area contributed by atoms with Gasteiger partial charge in [0.05, 0.1) is 18.4 Å². The van der Waals surface area contributed by atoms with E-state index >= 15 is 0 Å². The molecule has 8 heteroatoms. The smallest absolute Gasteiger partial charge is 0.274 e. The van der Waals surface area contributed by atoms with Crippen LogP contribution in [0.5, 0.6) is 0 Å². The number of nitrogens with zero attached hydrogens (tertiary/aromatic N) is 4. The average molecular weight is 419 g/mol. The van der Waals surface area contributed by atoms with Crippen molar-refractivity contribution in [2.24, 2.45) is 0 Å². The van der Waals surface area contributed by atoms with E-state index in [2.05, 4.69) is 34.2 Å². The highest BCUT2D eigenvalue weighted by molar-refractivity contribution is 5.96. The van der Waals surface area contributed by atoms with Crippen molar-refractivity contribution in [1.82, 2.24) is 20.0 Å². The van der Waals surface area contributed by atoms with Gasteiger partial charge in [-0.05, 0) is 24.6 Å². The number of nitrogens with one attached hydrogen (secondary N) is 1. The van der Waals surface area contributed by atoms with Gasteiger partial charge in [0.25, 0.3) is 11.8 Å². The first-order chi connectivity index (χ1) is 15.1. The average Bonchev–Trinajstić information content (AvgIpc) is 3.48. The monoisotopic (exact) mass is 419 g/mol. The first kappa shape index (κ1) is 19.4. The largest absolute Gasteiger partial charge is 0.472 e. The van der Waals surface area contributed by atoms with Gasteiger partial charge in [0, 0.05) is 56.1 Å². The molecule has 8 nitrogen and oxygen atoms in total. The van der Waals surface area contributed by atoms with Gasteiger partial charge < -0.3 is 19.1 Å². The molecule has 0 saturated carbocycles. The van der Waals surface area contributed by atoms with E-state index in [1.54, 1.807) is 11.0 Å². The molecule has 2 aliphatic heterocycles. The Morgan fingerprint density at radius 3 is 2.55 bits per heavy atom. The van der Waals surface area contributed by atoms with Gasteiger partial charge in [0.2, 0.25) is 0 Å². The number of carbonyl (C=O) groups excluding carboxylic acids is 2. The minimum atomic E-state index is -0.0918. The second-order valence-corrected chi connectivity index (χ2v) is 8.08. The fourth-order valence-corrected chi connectivity index (χ4v) is 4.43. The Kier molecular flexibility index (Phi) is 4.97. The number of rotatable bonds is 3. The van der Waals surface area contributed by atoms with Crippen LogP contribution in [0.3, 0.4) is 0 Å². The second-order valence-electron chi connectivity index (χ2n) is 8.08. The highest BCUT2D eigenvalue weighted by Gasteiger charge is 2.31. The number of fused-ring (bicyclic) bond motifs is 1. The molecule has 2 aromatic heterocycles. The normalized spacial score (nSPS) is 16.4. The van der Waals surface area contributed by atoms with Crippen LogP contribution in [0, 0.1) is 6.92 Å². The van der Waals surface area contributed by atoms with Gasteiger partial charge in [-0.25, -0.2) is 0 Å². The first-order valence-corrected chi connectivity index (χ1v) is 10.6. The molecule has 1 fully saturated rings. The number of anilines is 1. The summed E-state index contributed by atoms with van der Waals surface area (Å²) in [7, 11) is 0. The number of H-pyrrole nitrogens is 1. The summed E-state index contributed by atoms with van der Waals surface area (Å²) < 4.78 is 5.04. The first-order valence-electron chi connectivity index (χ1n) is 10.6. The Morgan fingerprint density at radius 1 is 1.00 bits per heavy atom. The summed E-state index contributed by atoms with van der Waals surface area (Å²) in [5.74, 6) is -0.162. The molecule has 0 unspecified atom stereocenters. The number of amides is 2. The van der Waals surface area contributed by atoms with E-state index in [-0.39, 0.29) is 11.8 Å². The van der Waals surface area contributed by atoms with E-state index in [0.717, 1.165) is 24.3 Å². The number of aromatic nitrogens is 2. The molecule has 1 aromatic carbocycles. The quantitative estimate of drug-likeness (QED) is 0.705. The minimum Gasteiger partial charge on any atom is -0.472 e. The predicted molar refractivity (Wildman–Crippen MR) is 115 cm³/mol. The zero-order valence-electron chi connectivity index (χ0n) is 17.5. The molecule has 0 spiro atoms. The molecule has 0 aliphatic carbocycles. The number of para-hydroxylation sites is 1. The van der Waals surface area contributed by atoms with Crippen LogP contribution in [0.4, 0.5) is 5.69 Å². The number of piperazine rings is 1. The number of carbonyl (C=O) groups is 2. The summed E-state index contributed by atoms with van der Waals surface area (Å²) in [6.07, 6.45) is 3.60. The topological polar surface area (TPSA) is 85.7 Å². The van der Waals surface area contributed by atoms with Gasteiger partial charge in [-0.1, -0.05) is 18.2 Å². The highest BCUT2D eigenvalue weighted by atomic mass is 16.3. The summed E-state index contributed by atoms with van der Waals surface area (Å²) in [6.45, 7) is 5.93. The molecule has 31 heavy (non-hydrogen) atoms. The van der Waals surface area contributed by atoms with Gasteiger partial charge in [-0.3, -0.25) is 14.7 Å². The fraction of sp³-hybridized carbons (Fsp3) is 0.348. The zero-order valence-corrected chi connectivity index (χ0v) is 17.5. The molecule has 4 heterocycles. The maximum Gasteiger partial charge on any atom is 0.274 e. The van der Waals surface area contributed by atoms with E-state index < -0.39 is 0 Å². The lowest BCUT2D eigenvalue weighted by molar-refractivity contribution is 0.0709. The van der Waals surface area contributed by atoms with Gasteiger partial charge in [0.1, 0.15) is 6.26 Å². The number of benzene rings is 1. The summed E-state index contributed by atoms with van der Waals surface area (Å²) >= 11 is 0. The molecule has 0 atom stereocenters. The van der Waals surface area contributed by atoms with Gasteiger partial charge >= 0.3 is 0 Å². The molecule has 1 saturated heterocycles. The van der Waals surface area contributed by atoms with Crippen molar-refractivity contribution in [3.05, 3.63) is 70.9 Å². The van der Waals surface area contributed by atoms with E-state index in [0.29, 0.717) is 43.9 Å². The number of aromatic amines is 1. The van der Waals surface area contributed by atoms with Crippen LogP contribution in [-0.2, 0) is 13.0 Å². The van der Waals surface area contributed by atoms with Crippen molar-refractivity contribution in [2.75, 3.05) is 37.6 Å². The third kappa shape index (κ3) is 3.58. The Labute approximate surface area is 180 Å². The standard InChI is InChI=1S/C23H25N5O3/c1-16-4-2-3-5-20(16)26-9-11-27(12-10-26)23(30)21-18-14-28(8-6-19(18)24-25-21)22(29)17-7-13-31-15-17/h2-5,7,13,15H,6,8-12,14H2,1H3,(H,24,25). The van der Waals surface area contributed by atoms with Crippen molar-refractivity contribution in [3.63, 3.8) is 0 Å². The predicted octanol–water partition coefficient (Wildman–Crippen LogP) is 2.47. The van der Waals surface area contributed by atoms with Crippen LogP contribution in [0.15, 0.2) is 47.3 Å². The lowest BCUT2D eigenvalue weighted by Gasteiger charge is -2.36. The van der Waals surface area contributed by atoms with Crippen molar-refractivity contribution >= 4 is 17.5 Å². The number of hydrogen-bond acceptors (Lipinski definition) is 5. The molecule has 1 N–H and O–H groups in total. The summed E-state index contributed by atoms with van der Waals surface area (Å²) in [5, 5.41) is 7.35. The molecule has 160 valence electrons. The Morgan fingerprint density at radius 2 is 1.81 bits per heavy atom. The summed E-state index contributed by atoms with van der Waals surface area (Å²) in [6, 6.07) is 9.99. The number of hydrogen-bond donors (Lipinski definition) is 1. The number of furan rings is 1. The van der Waals surface area contributed by atoms with Gasteiger partial charge in [-0.2, -0.15) is 5.10 Å². The highest BCUT2D eigenvalue weighted by Crippen LogP contribution is 2.25. The van der Waals surface area contributed by atoms with Crippen LogP contribution >= 0.6 is 0 Å². The van der Waals surface area contributed by atoms with Crippen molar-refractivity contribution in [3.8, 4) is 0 Å². The molecular weight excluding hydrogens is 394 g/mol. The lowest BCUT2D eigenvalue weighted by atomic mass is 10.0.